The van der Waals surface area contributed by atoms with Crippen molar-refractivity contribution < 1.29 is 0 Å². The molecular formula is C19H24N4S. The Balaban J connectivity index is 1.24. The summed E-state index contributed by atoms with van der Waals surface area (Å²) in [6, 6.07) is 15.0. The van der Waals surface area contributed by atoms with Gasteiger partial charge >= 0.3 is 0 Å². The normalized spacial score (nSPS) is 18.8. The second kappa shape index (κ2) is 7.13. The van der Waals surface area contributed by atoms with E-state index < -0.39 is 0 Å². The molecule has 0 amide bonds. The third-order valence-corrected chi connectivity index (χ3v) is 5.95. The summed E-state index contributed by atoms with van der Waals surface area (Å²) >= 11 is 1.91. The van der Waals surface area contributed by atoms with E-state index in [1.54, 1.807) is 0 Å². The molecule has 3 heterocycles. The molecule has 4 nitrogen and oxygen atoms in total. The van der Waals surface area contributed by atoms with Gasteiger partial charge in [-0.3, -0.25) is 4.90 Å². The number of benzene rings is 1. The quantitative estimate of drug-likeness (QED) is 0.796. The predicted octanol–water partition coefficient (Wildman–Crippen LogP) is 3.03. The van der Waals surface area contributed by atoms with E-state index in [1.807, 2.05) is 11.9 Å². The molecule has 0 radical (unpaired) electrons. The highest BCUT2D eigenvalue weighted by molar-refractivity contribution is 7.97. The van der Waals surface area contributed by atoms with Crippen molar-refractivity contribution >= 4 is 17.8 Å². The van der Waals surface area contributed by atoms with Gasteiger partial charge in [-0.1, -0.05) is 24.3 Å². The number of rotatable bonds is 4. The Morgan fingerprint density at radius 2 is 1.79 bits per heavy atom. The zero-order chi connectivity index (χ0) is 16.4. The van der Waals surface area contributed by atoms with E-state index in [4.69, 9.17) is 0 Å². The number of fused-ring (bicyclic) bond motifs is 1. The Hall–Kier alpha value is -1.56. The lowest BCUT2D eigenvalue weighted by Crippen LogP contribution is -2.48. The van der Waals surface area contributed by atoms with Crippen molar-refractivity contribution in [3.05, 3.63) is 53.7 Å². The van der Waals surface area contributed by atoms with Crippen molar-refractivity contribution in [2.75, 3.05) is 44.2 Å². The van der Waals surface area contributed by atoms with Gasteiger partial charge in [-0.05, 0) is 42.6 Å². The molecule has 0 N–H and O–H groups in total. The summed E-state index contributed by atoms with van der Waals surface area (Å²) in [7, 11) is 0. The Bertz CT molecular complexity index is 672. The molecule has 1 aromatic heterocycles. The van der Waals surface area contributed by atoms with Crippen molar-refractivity contribution in [1.82, 2.24) is 14.2 Å². The van der Waals surface area contributed by atoms with Gasteiger partial charge in [-0.2, -0.15) is 0 Å². The Kier molecular flexibility index (Phi) is 4.74. The average molecular weight is 340 g/mol. The molecular weight excluding hydrogens is 316 g/mol. The van der Waals surface area contributed by atoms with Crippen molar-refractivity contribution in [1.29, 1.82) is 0 Å². The lowest BCUT2D eigenvalue weighted by atomic mass is 10.2. The van der Waals surface area contributed by atoms with Gasteiger partial charge in [-0.15, -0.1) is 0 Å². The van der Waals surface area contributed by atoms with Gasteiger partial charge in [0.15, 0.2) is 0 Å². The zero-order valence-corrected chi connectivity index (χ0v) is 15.0. The van der Waals surface area contributed by atoms with Crippen LogP contribution < -0.4 is 4.90 Å². The summed E-state index contributed by atoms with van der Waals surface area (Å²) in [6.07, 6.45) is 0. The summed E-state index contributed by atoms with van der Waals surface area (Å²) < 4.78 is 2.49. The fourth-order valence-corrected chi connectivity index (χ4v) is 4.41. The number of hydrogen-bond acceptors (Lipinski definition) is 5. The van der Waals surface area contributed by atoms with Gasteiger partial charge in [0.25, 0.3) is 0 Å². The van der Waals surface area contributed by atoms with E-state index in [-0.39, 0.29) is 0 Å². The van der Waals surface area contributed by atoms with E-state index in [9.17, 15) is 0 Å². The second-order valence-electron chi connectivity index (χ2n) is 6.53. The lowest BCUT2D eigenvalue weighted by Gasteiger charge is -2.36. The smallest absolute Gasteiger partial charge is 0.128 e. The number of aromatic nitrogens is 1. The molecule has 126 valence electrons. The number of aryl methyl sites for hydroxylation is 1. The fourth-order valence-electron chi connectivity index (χ4n) is 3.37. The minimum Gasteiger partial charge on any atom is -0.354 e. The van der Waals surface area contributed by atoms with Crippen molar-refractivity contribution in [2.24, 2.45) is 0 Å². The molecule has 0 atom stereocenters. The Morgan fingerprint density at radius 1 is 0.958 bits per heavy atom. The van der Waals surface area contributed by atoms with Crippen LogP contribution in [0.5, 0.6) is 0 Å². The predicted molar refractivity (Wildman–Crippen MR) is 100 cm³/mol. The van der Waals surface area contributed by atoms with Gasteiger partial charge in [0.2, 0.25) is 0 Å². The molecule has 0 bridgehead atoms. The number of piperazine rings is 1. The standard InChI is InChI=1S/C19H24N4S/c1-16-5-4-8-19(20-16)22-12-9-21(10-13-22)11-14-23-15-17-6-2-3-7-18(17)24-23/h2-8H,9-15H2,1H3. The average Bonchev–Trinajstić information content (AvgIpc) is 3.03. The number of hydrogen-bond donors (Lipinski definition) is 0. The van der Waals surface area contributed by atoms with Gasteiger partial charge in [-0.25, -0.2) is 9.29 Å². The molecule has 0 aliphatic carbocycles. The summed E-state index contributed by atoms with van der Waals surface area (Å²) in [6.45, 7) is 9.81. The van der Waals surface area contributed by atoms with Crippen LogP contribution in [0.15, 0.2) is 47.4 Å². The maximum Gasteiger partial charge on any atom is 0.128 e. The van der Waals surface area contributed by atoms with Gasteiger partial charge in [0.1, 0.15) is 5.82 Å². The van der Waals surface area contributed by atoms with Gasteiger partial charge in [0, 0.05) is 56.4 Å². The molecule has 5 heteroatoms. The van der Waals surface area contributed by atoms with Crippen LogP contribution in [0.1, 0.15) is 11.3 Å². The molecule has 2 aliphatic heterocycles. The third kappa shape index (κ3) is 3.58. The maximum absolute atomic E-state index is 4.65. The van der Waals surface area contributed by atoms with Crippen LogP contribution in [0.25, 0.3) is 0 Å². The first-order chi connectivity index (χ1) is 11.8. The van der Waals surface area contributed by atoms with Crippen molar-refractivity contribution in [2.45, 2.75) is 18.4 Å². The maximum atomic E-state index is 4.65. The first kappa shape index (κ1) is 15.9. The molecule has 4 rings (SSSR count). The van der Waals surface area contributed by atoms with Crippen LogP contribution in [0.4, 0.5) is 5.82 Å². The first-order valence-electron chi connectivity index (χ1n) is 8.70. The van der Waals surface area contributed by atoms with Crippen molar-refractivity contribution in [3.8, 4) is 0 Å². The molecule has 1 fully saturated rings. The highest BCUT2D eigenvalue weighted by Gasteiger charge is 2.22. The van der Waals surface area contributed by atoms with Crippen LogP contribution >= 0.6 is 11.9 Å². The van der Waals surface area contributed by atoms with E-state index in [2.05, 4.69) is 68.5 Å². The van der Waals surface area contributed by atoms with Crippen molar-refractivity contribution in [3.63, 3.8) is 0 Å². The molecule has 2 aliphatic rings. The van der Waals surface area contributed by atoms with E-state index >= 15 is 0 Å². The Morgan fingerprint density at radius 3 is 2.58 bits per heavy atom. The van der Waals surface area contributed by atoms with E-state index in [0.717, 1.165) is 57.3 Å². The topological polar surface area (TPSA) is 22.6 Å². The van der Waals surface area contributed by atoms with E-state index in [0.29, 0.717) is 0 Å². The largest absolute Gasteiger partial charge is 0.354 e. The molecule has 0 unspecified atom stereocenters. The minimum atomic E-state index is 1.07. The molecule has 1 saturated heterocycles. The fraction of sp³-hybridized carbons (Fsp3) is 0.421. The molecule has 0 saturated carbocycles. The molecule has 24 heavy (non-hydrogen) atoms. The van der Waals surface area contributed by atoms with Crippen LogP contribution in [-0.2, 0) is 6.54 Å². The summed E-state index contributed by atoms with van der Waals surface area (Å²) in [5.74, 6) is 1.13. The molecule has 0 spiro atoms. The number of anilines is 1. The number of nitrogens with zero attached hydrogens (tertiary/aromatic N) is 4. The van der Waals surface area contributed by atoms with Gasteiger partial charge < -0.3 is 4.90 Å². The lowest BCUT2D eigenvalue weighted by molar-refractivity contribution is 0.240. The van der Waals surface area contributed by atoms with Crippen LogP contribution in [0, 0.1) is 6.92 Å². The van der Waals surface area contributed by atoms with E-state index in [1.165, 1.54) is 10.5 Å². The van der Waals surface area contributed by atoms with Gasteiger partial charge in [0.05, 0.1) is 0 Å². The first-order valence-corrected chi connectivity index (χ1v) is 9.47. The highest BCUT2D eigenvalue weighted by Crippen LogP contribution is 2.35. The highest BCUT2D eigenvalue weighted by atomic mass is 32.2. The summed E-state index contributed by atoms with van der Waals surface area (Å²) in [5.41, 5.74) is 2.57. The molecule has 2 aromatic rings. The second-order valence-corrected chi connectivity index (χ2v) is 7.67. The van der Waals surface area contributed by atoms with Crippen LogP contribution in [-0.4, -0.2) is 53.5 Å². The summed E-state index contributed by atoms with van der Waals surface area (Å²) in [4.78, 5) is 11.1. The SMILES string of the molecule is Cc1cccc(N2CCN(CCN3Cc4ccccc4S3)CC2)n1. The monoisotopic (exact) mass is 340 g/mol. The molecule has 1 aromatic carbocycles. The minimum absolute atomic E-state index is 1.07. The summed E-state index contributed by atoms with van der Waals surface area (Å²) in [5, 5.41) is 0. The van der Waals surface area contributed by atoms with Crippen LogP contribution in [0.3, 0.4) is 0 Å². The Labute approximate surface area is 148 Å². The van der Waals surface area contributed by atoms with Crippen LogP contribution in [0.2, 0.25) is 0 Å². The number of pyridine rings is 1. The third-order valence-electron chi connectivity index (χ3n) is 4.78. The zero-order valence-electron chi connectivity index (χ0n) is 14.2.